The van der Waals surface area contributed by atoms with Crippen molar-refractivity contribution in [1.82, 2.24) is 5.32 Å². The van der Waals surface area contributed by atoms with Gasteiger partial charge in [0, 0.05) is 6.04 Å². The van der Waals surface area contributed by atoms with Crippen molar-refractivity contribution in [2.75, 3.05) is 13.7 Å². The van der Waals surface area contributed by atoms with Gasteiger partial charge in [0.15, 0.2) is 11.6 Å². The molecule has 1 N–H and O–H groups in total. The highest BCUT2D eigenvalue weighted by Crippen LogP contribution is 2.29. The molecule has 0 aliphatic carbocycles. The third kappa shape index (κ3) is 1.95. The first-order valence-corrected chi connectivity index (χ1v) is 4.98. The predicted molar refractivity (Wildman–Crippen MR) is 52.9 cm³/mol. The van der Waals surface area contributed by atoms with E-state index in [1.807, 2.05) is 0 Å². The molecule has 1 heterocycles. The van der Waals surface area contributed by atoms with Crippen LogP contribution < -0.4 is 10.1 Å². The molecule has 1 aliphatic heterocycles. The number of rotatable bonds is 2. The van der Waals surface area contributed by atoms with E-state index < -0.39 is 11.6 Å². The fourth-order valence-electron chi connectivity index (χ4n) is 1.90. The smallest absolute Gasteiger partial charge is 0.200 e. The Morgan fingerprint density at radius 1 is 1.40 bits per heavy atom. The zero-order valence-corrected chi connectivity index (χ0v) is 8.52. The fourth-order valence-corrected chi connectivity index (χ4v) is 1.90. The molecule has 0 saturated carbocycles. The van der Waals surface area contributed by atoms with Crippen molar-refractivity contribution in [1.29, 1.82) is 0 Å². The summed E-state index contributed by atoms with van der Waals surface area (Å²) in [6.07, 6.45) is 2.01. The molecule has 15 heavy (non-hydrogen) atoms. The third-order valence-corrected chi connectivity index (χ3v) is 2.70. The minimum absolute atomic E-state index is 0.0290. The Labute approximate surface area is 87.2 Å². The second kappa shape index (κ2) is 4.14. The van der Waals surface area contributed by atoms with E-state index in [0.29, 0.717) is 0 Å². The SMILES string of the molecule is COc1cc([C@@H]2CCCN2)cc(F)c1F. The van der Waals surface area contributed by atoms with Gasteiger partial charge in [-0.15, -0.1) is 0 Å². The van der Waals surface area contributed by atoms with Crippen molar-refractivity contribution in [3.63, 3.8) is 0 Å². The molecule has 82 valence electrons. The van der Waals surface area contributed by atoms with E-state index in [1.165, 1.54) is 13.2 Å². The van der Waals surface area contributed by atoms with E-state index in [4.69, 9.17) is 4.74 Å². The molecule has 0 unspecified atom stereocenters. The zero-order chi connectivity index (χ0) is 10.8. The number of benzene rings is 1. The third-order valence-electron chi connectivity index (χ3n) is 2.70. The fraction of sp³-hybridized carbons (Fsp3) is 0.455. The maximum Gasteiger partial charge on any atom is 0.200 e. The zero-order valence-electron chi connectivity index (χ0n) is 8.52. The van der Waals surface area contributed by atoms with Gasteiger partial charge in [-0.25, -0.2) is 4.39 Å². The summed E-state index contributed by atoms with van der Waals surface area (Å²) in [5.74, 6) is -1.80. The van der Waals surface area contributed by atoms with Crippen LogP contribution in [0, 0.1) is 11.6 Å². The van der Waals surface area contributed by atoms with Gasteiger partial charge in [0.25, 0.3) is 0 Å². The van der Waals surface area contributed by atoms with Crippen LogP contribution >= 0.6 is 0 Å². The Kier molecular flexibility index (Phi) is 2.86. The van der Waals surface area contributed by atoms with E-state index in [2.05, 4.69) is 5.32 Å². The van der Waals surface area contributed by atoms with E-state index in [1.54, 1.807) is 6.07 Å². The molecule has 1 aromatic rings. The van der Waals surface area contributed by atoms with Crippen molar-refractivity contribution in [3.05, 3.63) is 29.3 Å². The van der Waals surface area contributed by atoms with E-state index in [-0.39, 0.29) is 11.8 Å². The summed E-state index contributed by atoms with van der Waals surface area (Å²) in [6.45, 7) is 0.923. The number of halogens is 2. The van der Waals surface area contributed by atoms with Gasteiger partial charge in [-0.05, 0) is 37.1 Å². The topological polar surface area (TPSA) is 21.3 Å². The van der Waals surface area contributed by atoms with Gasteiger partial charge in [0.1, 0.15) is 0 Å². The van der Waals surface area contributed by atoms with Crippen LogP contribution in [0.4, 0.5) is 8.78 Å². The van der Waals surface area contributed by atoms with Crippen molar-refractivity contribution in [2.24, 2.45) is 0 Å². The van der Waals surface area contributed by atoms with E-state index >= 15 is 0 Å². The summed E-state index contributed by atoms with van der Waals surface area (Å²) >= 11 is 0. The van der Waals surface area contributed by atoms with Crippen molar-refractivity contribution in [3.8, 4) is 5.75 Å². The quantitative estimate of drug-likeness (QED) is 0.814. The van der Waals surface area contributed by atoms with Gasteiger partial charge in [-0.2, -0.15) is 4.39 Å². The number of hydrogen-bond donors (Lipinski definition) is 1. The average molecular weight is 213 g/mol. The van der Waals surface area contributed by atoms with Crippen LogP contribution in [0.3, 0.4) is 0 Å². The molecule has 1 saturated heterocycles. The monoisotopic (exact) mass is 213 g/mol. The molecule has 1 aromatic carbocycles. The minimum atomic E-state index is -0.917. The van der Waals surface area contributed by atoms with Gasteiger partial charge < -0.3 is 10.1 Å². The highest BCUT2D eigenvalue weighted by Gasteiger charge is 2.20. The van der Waals surface area contributed by atoms with Crippen LogP contribution in [-0.2, 0) is 0 Å². The second-order valence-electron chi connectivity index (χ2n) is 3.67. The first-order chi connectivity index (χ1) is 7.22. The number of ether oxygens (including phenoxy) is 1. The second-order valence-corrected chi connectivity index (χ2v) is 3.67. The molecule has 0 amide bonds. The molecule has 1 fully saturated rings. The molecule has 0 radical (unpaired) electrons. The maximum atomic E-state index is 13.2. The normalized spacial score (nSPS) is 20.6. The largest absolute Gasteiger partial charge is 0.494 e. The summed E-state index contributed by atoms with van der Waals surface area (Å²) in [6, 6.07) is 2.91. The van der Waals surface area contributed by atoms with Gasteiger partial charge in [0.2, 0.25) is 5.82 Å². The molecule has 1 aliphatic rings. The van der Waals surface area contributed by atoms with Crippen LogP contribution in [0.25, 0.3) is 0 Å². The Morgan fingerprint density at radius 3 is 2.80 bits per heavy atom. The van der Waals surface area contributed by atoms with Crippen molar-refractivity contribution >= 4 is 0 Å². The van der Waals surface area contributed by atoms with Gasteiger partial charge in [0.05, 0.1) is 7.11 Å². The van der Waals surface area contributed by atoms with Crippen LogP contribution in [0.5, 0.6) is 5.75 Å². The average Bonchev–Trinajstić information content (AvgIpc) is 2.75. The van der Waals surface area contributed by atoms with E-state index in [0.717, 1.165) is 24.9 Å². The lowest BCUT2D eigenvalue weighted by molar-refractivity contribution is 0.370. The first-order valence-electron chi connectivity index (χ1n) is 4.98. The molecule has 4 heteroatoms. The molecular weight excluding hydrogens is 200 g/mol. The van der Waals surface area contributed by atoms with Crippen LogP contribution in [0.1, 0.15) is 24.4 Å². The Hall–Kier alpha value is -1.16. The van der Waals surface area contributed by atoms with Crippen molar-refractivity contribution in [2.45, 2.75) is 18.9 Å². The lowest BCUT2D eigenvalue weighted by atomic mass is 10.0. The molecule has 0 spiro atoms. The standard InChI is InChI=1S/C11H13F2NO/c1-15-10-6-7(5-8(12)11(10)13)9-3-2-4-14-9/h5-6,9,14H,2-4H2,1H3/t9-/m0/s1. The molecular formula is C11H13F2NO. The van der Waals surface area contributed by atoms with Gasteiger partial charge >= 0.3 is 0 Å². The lowest BCUT2D eigenvalue weighted by Crippen LogP contribution is -2.13. The van der Waals surface area contributed by atoms with Crippen LogP contribution in [-0.4, -0.2) is 13.7 Å². The molecule has 2 nitrogen and oxygen atoms in total. The van der Waals surface area contributed by atoms with Crippen molar-refractivity contribution < 1.29 is 13.5 Å². The van der Waals surface area contributed by atoms with Crippen LogP contribution in [0.2, 0.25) is 0 Å². The first kappa shape index (κ1) is 10.4. The highest BCUT2D eigenvalue weighted by atomic mass is 19.2. The summed E-state index contributed by atoms with van der Waals surface area (Å²) in [5, 5.41) is 3.23. The Balaban J connectivity index is 2.35. The Morgan fingerprint density at radius 2 is 2.20 bits per heavy atom. The van der Waals surface area contributed by atoms with Gasteiger partial charge in [-0.3, -0.25) is 0 Å². The summed E-state index contributed by atoms with van der Waals surface area (Å²) < 4.78 is 31.1. The van der Waals surface area contributed by atoms with E-state index in [9.17, 15) is 8.78 Å². The summed E-state index contributed by atoms with van der Waals surface area (Å²) in [7, 11) is 1.34. The molecule has 0 bridgehead atoms. The Bertz CT molecular complexity index is 362. The number of nitrogens with one attached hydrogen (secondary N) is 1. The summed E-state index contributed by atoms with van der Waals surface area (Å²) in [4.78, 5) is 0. The predicted octanol–water partition coefficient (Wildman–Crippen LogP) is 2.40. The van der Waals surface area contributed by atoms with Gasteiger partial charge in [-0.1, -0.05) is 0 Å². The minimum Gasteiger partial charge on any atom is -0.494 e. The molecule has 0 aromatic heterocycles. The highest BCUT2D eigenvalue weighted by molar-refractivity contribution is 5.33. The molecule has 2 rings (SSSR count). The number of hydrogen-bond acceptors (Lipinski definition) is 2. The maximum absolute atomic E-state index is 13.2. The molecule has 1 atom stereocenters. The van der Waals surface area contributed by atoms with Crippen LogP contribution in [0.15, 0.2) is 12.1 Å². The lowest BCUT2D eigenvalue weighted by Gasteiger charge is -2.12. The number of methoxy groups -OCH3 is 1. The summed E-state index contributed by atoms with van der Waals surface area (Å²) in [5.41, 5.74) is 0.753.